The summed E-state index contributed by atoms with van der Waals surface area (Å²) in [5, 5.41) is 10.9. The molecule has 0 radical (unpaired) electrons. The van der Waals surface area contributed by atoms with Gasteiger partial charge in [-0.1, -0.05) is 12.1 Å². The summed E-state index contributed by atoms with van der Waals surface area (Å²) in [5.74, 6) is 0. The largest absolute Gasteiger partial charge is 0.366 e. The first-order valence-electron chi connectivity index (χ1n) is 5.19. The van der Waals surface area contributed by atoms with Crippen molar-refractivity contribution in [3.05, 3.63) is 33.9 Å². The van der Waals surface area contributed by atoms with Gasteiger partial charge in [0.05, 0.1) is 4.92 Å². The molecule has 1 aliphatic rings. The Morgan fingerprint density at radius 1 is 1.33 bits per heavy atom. The smallest absolute Gasteiger partial charge is 0.292 e. The van der Waals surface area contributed by atoms with Gasteiger partial charge in [-0.3, -0.25) is 10.1 Å². The van der Waals surface area contributed by atoms with E-state index in [2.05, 4.69) is 4.90 Å². The lowest BCUT2D eigenvalue weighted by Crippen LogP contribution is -2.20. The molecule has 0 atom stereocenters. The van der Waals surface area contributed by atoms with Crippen LogP contribution in [-0.2, 0) is 0 Å². The maximum absolute atomic E-state index is 10.9. The lowest BCUT2D eigenvalue weighted by Gasteiger charge is -2.19. The van der Waals surface area contributed by atoms with Crippen LogP contribution in [0.3, 0.4) is 0 Å². The molecule has 0 N–H and O–H groups in total. The van der Waals surface area contributed by atoms with Gasteiger partial charge in [-0.15, -0.1) is 0 Å². The fourth-order valence-electron chi connectivity index (χ4n) is 2.14. The Labute approximate surface area is 88.7 Å². The molecular formula is C11H14N2O2. The third-order valence-corrected chi connectivity index (χ3v) is 2.84. The SMILES string of the molecule is Cc1cccc([N+](=O)[O-])c1N1CCCC1. The van der Waals surface area contributed by atoms with Crippen LogP contribution in [0.2, 0.25) is 0 Å². The van der Waals surface area contributed by atoms with Gasteiger partial charge in [0.1, 0.15) is 5.69 Å². The second-order valence-electron chi connectivity index (χ2n) is 3.89. The average Bonchev–Trinajstić information content (AvgIpc) is 2.70. The molecule has 0 aromatic heterocycles. The Hall–Kier alpha value is -1.58. The number of nitrogens with zero attached hydrogens (tertiary/aromatic N) is 2. The normalized spacial score (nSPS) is 15.7. The fourth-order valence-corrected chi connectivity index (χ4v) is 2.14. The molecule has 1 aliphatic heterocycles. The second kappa shape index (κ2) is 3.88. The van der Waals surface area contributed by atoms with Gasteiger partial charge in [0.2, 0.25) is 0 Å². The minimum atomic E-state index is -0.291. The molecule has 0 bridgehead atoms. The molecule has 0 aliphatic carbocycles. The number of anilines is 1. The number of rotatable bonds is 2. The molecule has 4 nitrogen and oxygen atoms in total. The number of hydrogen-bond acceptors (Lipinski definition) is 3. The third-order valence-electron chi connectivity index (χ3n) is 2.84. The standard InChI is InChI=1S/C11H14N2O2/c1-9-5-4-6-10(13(14)15)11(9)12-7-2-3-8-12/h4-6H,2-3,7-8H2,1H3. The van der Waals surface area contributed by atoms with Gasteiger partial charge in [-0.05, 0) is 25.3 Å². The zero-order valence-corrected chi connectivity index (χ0v) is 8.77. The lowest BCUT2D eigenvalue weighted by atomic mass is 10.1. The zero-order chi connectivity index (χ0) is 10.8. The van der Waals surface area contributed by atoms with Gasteiger partial charge in [0, 0.05) is 19.2 Å². The van der Waals surface area contributed by atoms with Crippen molar-refractivity contribution in [2.45, 2.75) is 19.8 Å². The molecule has 0 saturated carbocycles. The molecule has 0 spiro atoms. The van der Waals surface area contributed by atoms with Crippen molar-refractivity contribution in [2.24, 2.45) is 0 Å². The highest BCUT2D eigenvalue weighted by atomic mass is 16.6. The zero-order valence-electron chi connectivity index (χ0n) is 8.77. The number of nitro benzene ring substituents is 1. The molecule has 1 aromatic rings. The molecule has 1 heterocycles. The summed E-state index contributed by atoms with van der Waals surface area (Å²) in [4.78, 5) is 12.7. The monoisotopic (exact) mass is 206 g/mol. The summed E-state index contributed by atoms with van der Waals surface area (Å²) in [6.07, 6.45) is 2.26. The van der Waals surface area contributed by atoms with Crippen LogP contribution >= 0.6 is 0 Å². The van der Waals surface area contributed by atoms with Crippen LogP contribution in [0, 0.1) is 17.0 Å². The molecule has 0 unspecified atom stereocenters. The molecule has 15 heavy (non-hydrogen) atoms. The van der Waals surface area contributed by atoms with Crippen LogP contribution in [0.25, 0.3) is 0 Å². The molecule has 80 valence electrons. The Morgan fingerprint density at radius 3 is 2.60 bits per heavy atom. The van der Waals surface area contributed by atoms with Crippen molar-refractivity contribution in [3.63, 3.8) is 0 Å². The Kier molecular flexibility index (Phi) is 2.58. The lowest BCUT2D eigenvalue weighted by molar-refractivity contribution is -0.384. The van der Waals surface area contributed by atoms with E-state index in [1.807, 2.05) is 13.0 Å². The summed E-state index contributed by atoms with van der Waals surface area (Å²) in [6.45, 7) is 3.80. The van der Waals surface area contributed by atoms with Crippen molar-refractivity contribution < 1.29 is 4.92 Å². The second-order valence-corrected chi connectivity index (χ2v) is 3.89. The van der Waals surface area contributed by atoms with Crippen LogP contribution in [0.5, 0.6) is 0 Å². The topological polar surface area (TPSA) is 46.4 Å². The minimum Gasteiger partial charge on any atom is -0.366 e. The number of aryl methyl sites for hydroxylation is 1. The van der Waals surface area contributed by atoms with Crippen molar-refractivity contribution in [2.75, 3.05) is 18.0 Å². The highest BCUT2D eigenvalue weighted by molar-refractivity contribution is 5.68. The summed E-state index contributed by atoms with van der Waals surface area (Å²) in [6, 6.07) is 5.26. The van der Waals surface area contributed by atoms with Crippen LogP contribution < -0.4 is 4.90 Å². The Balaban J connectivity index is 2.46. The Bertz CT molecular complexity index is 384. The summed E-state index contributed by atoms with van der Waals surface area (Å²) in [7, 11) is 0. The molecular weight excluding hydrogens is 192 g/mol. The molecule has 2 rings (SSSR count). The fraction of sp³-hybridized carbons (Fsp3) is 0.455. The molecule has 1 aromatic carbocycles. The van der Waals surface area contributed by atoms with Gasteiger partial charge in [-0.25, -0.2) is 0 Å². The van der Waals surface area contributed by atoms with Gasteiger partial charge in [0.25, 0.3) is 5.69 Å². The van der Waals surface area contributed by atoms with Crippen molar-refractivity contribution in [1.82, 2.24) is 0 Å². The number of hydrogen-bond donors (Lipinski definition) is 0. The summed E-state index contributed by atoms with van der Waals surface area (Å²) in [5.41, 5.74) is 2.03. The first-order chi connectivity index (χ1) is 7.20. The molecule has 1 saturated heterocycles. The van der Waals surface area contributed by atoms with Crippen molar-refractivity contribution in [1.29, 1.82) is 0 Å². The quantitative estimate of drug-likeness (QED) is 0.551. The minimum absolute atomic E-state index is 0.233. The van der Waals surface area contributed by atoms with Gasteiger partial charge in [0.15, 0.2) is 0 Å². The number of para-hydroxylation sites is 1. The molecule has 4 heteroatoms. The van der Waals surface area contributed by atoms with Crippen molar-refractivity contribution >= 4 is 11.4 Å². The molecule has 0 amide bonds. The van der Waals surface area contributed by atoms with Crippen LogP contribution in [0.15, 0.2) is 18.2 Å². The van der Waals surface area contributed by atoms with E-state index >= 15 is 0 Å². The van der Waals surface area contributed by atoms with E-state index in [4.69, 9.17) is 0 Å². The van der Waals surface area contributed by atoms with E-state index in [1.165, 1.54) is 0 Å². The predicted octanol–water partition coefficient (Wildman–Crippen LogP) is 2.50. The van der Waals surface area contributed by atoms with E-state index in [9.17, 15) is 10.1 Å². The first kappa shape index (κ1) is 9.96. The maximum atomic E-state index is 10.9. The van der Waals surface area contributed by atoms with Gasteiger partial charge < -0.3 is 4.90 Å². The maximum Gasteiger partial charge on any atom is 0.292 e. The average molecular weight is 206 g/mol. The van der Waals surface area contributed by atoms with Crippen LogP contribution in [0.1, 0.15) is 18.4 Å². The van der Waals surface area contributed by atoms with Gasteiger partial charge in [-0.2, -0.15) is 0 Å². The van der Waals surface area contributed by atoms with Gasteiger partial charge >= 0.3 is 0 Å². The Morgan fingerprint density at radius 2 is 2.00 bits per heavy atom. The highest BCUT2D eigenvalue weighted by Crippen LogP contribution is 2.33. The van der Waals surface area contributed by atoms with E-state index < -0.39 is 0 Å². The summed E-state index contributed by atoms with van der Waals surface area (Å²) < 4.78 is 0. The first-order valence-corrected chi connectivity index (χ1v) is 5.19. The van der Waals surface area contributed by atoms with Crippen LogP contribution in [-0.4, -0.2) is 18.0 Å². The summed E-state index contributed by atoms with van der Waals surface area (Å²) >= 11 is 0. The third kappa shape index (κ3) is 1.79. The van der Waals surface area contributed by atoms with Crippen LogP contribution in [0.4, 0.5) is 11.4 Å². The van der Waals surface area contributed by atoms with E-state index in [0.717, 1.165) is 37.2 Å². The predicted molar refractivity (Wildman–Crippen MR) is 59.3 cm³/mol. The van der Waals surface area contributed by atoms with E-state index in [1.54, 1.807) is 12.1 Å². The molecule has 1 fully saturated rings. The number of nitro groups is 1. The van der Waals surface area contributed by atoms with E-state index in [0.29, 0.717) is 0 Å². The highest BCUT2D eigenvalue weighted by Gasteiger charge is 2.23. The number of benzene rings is 1. The van der Waals surface area contributed by atoms with E-state index in [-0.39, 0.29) is 10.6 Å². The van der Waals surface area contributed by atoms with Crippen molar-refractivity contribution in [3.8, 4) is 0 Å².